The minimum absolute atomic E-state index is 0.111. The van der Waals surface area contributed by atoms with Crippen molar-refractivity contribution in [3.8, 4) is 0 Å². The second kappa shape index (κ2) is 6.48. The van der Waals surface area contributed by atoms with E-state index in [-0.39, 0.29) is 23.8 Å². The molecule has 2 heterocycles. The molecule has 0 aromatic heterocycles. The molecule has 0 radical (unpaired) electrons. The number of nitrogens with zero attached hydrogens (tertiary/aromatic N) is 2. The van der Waals surface area contributed by atoms with E-state index < -0.39 is 0 Å². The van der Waals surface area contributed by atoms with E-state index >= 15 is 0 Å². The fourth-order valence-electron chi connectivity index (χ4n) is 3.42. The van der Waals surface area contributed by atoms with Crippen LogP contribution in [0, 0.1) is 5.92 Å². The van der Waals surface area contributed by atoms with E-state index in [0.717, 1.165) is 5.56 Å². The molecule has 2 fully saturated rings. The number of amides is 2. The van der Waals surface area contributed by atoms with Crippen LogP contribution in [0.3, 0.4) is 0 Å². The Kier molecular flexibility index (Phi) is 4.43. The lowest BCUT2D eigenvalue weighted by molar-refractivity contribution is -0.149. The van der Waals surface area contributed by atoms with Crippen LogP contribution in [-0.2, 0) is 14.3 Å². The Bertz CT molecular complexity index is 540. The fraction of sp³-hybridized carbons (Fsp3) is 0.529. The molecule has 1 aromatic rings. The second-order valence-electron chi connectivity index (χ2n) is 5.94. The van der Waals surface area contributed by atoms with Crippen molar-refractivity contribution in [2.45, 2.75) is 18.9 Å². The number of benzene rings is 1. The minimum Gasteiger partial charge on any atom is -0.378 e. The zero-order chi connectivity index (χ0) is 15.5. The number of ether oxygens (including phenoxy) is 1. The number of hydrogen-bond acceptors (Lipinski definition) is 3. The molecule has 0 aliphatic carbocycles. The number of carbonyl (C=O) groups is 2. The summed E-state index contributed by atoms with van der Waals surface area (Å²) in [5.41, 5.74) is 1.03. The van der Waals surface area contributed by atoms with Gasteiger partial charge in [-0.1, -0.05) is 30.3 Å². The van der Waals surface area contributed by atoms with Crippen molar-refractivity contribution in [3.63, 3.8) is 0 Å². The lowest BCUT2D eigenvalue weighted by atomic mass is 9.83. The first-order valence-electron chi connectivity index (χ1n) is 7.85. The van der Waals surface area contributed by atoms with Crippen LogP contribution in [0.1, 0.15) is 24.4 Å². The third kappa shape index (κ3) is 2.86. The van der Waals surface area contributed by atoms with E-state index in [1.54, 1.807) is 11.9 Å². The summed E-state index contributed by atoms with van der Waals surface area (Å²) in [5.74, 6) is 0.0968. The normalized spacial score (nSPS) is 26.1. The molecule has 2 saturated heterocycles. The highest BCUT2D eigenvalue weighted by atomic mass is 16.5. The molecule has 0 saturated carbocycles. The molecule has 5 nitrogen and oxygen atoms in total. The molecular formula is C17H22N2O3. The number of morpholine rings is 1. The lowest BCUT2D eigenvalue weighted by Gasteiger charge is -2.41. The molecule has 3 rings (SSSR count). The van der Waals surface area contributed by atoms with E-state index in [9.17, 15) is 9.59 Å². The number of likely N-dealkylation sites (tertiary alicyclic amines) is 1. The van der Waals surface area contributed by atoms with Crippen molar-refractivity contribution in [2.24, 2.45) is 5.92 Å². The van der Waals surface area contributed by atoms with Gasteiger partial charge < -0.3 is 14.5 Å². The molecule has 22 heavy (non-hydrogen) atoms. The van der Waals surface area contributed by atoms with Gasteiger partial charge in [0.2, 0.25) is 11.8 Å². The number of hydrogen-bond donors (Lipinski definition) is 0. The summed E-state index contributed by atoms with van der Waals surface area (Å²) in [6, 6.07) is 9.70. The van der Waals surface area contributed by atoms with Crippen molar-refractivity contribution in [1.82, 2.24) is 9.80 Å². The Balaban J connectivity index is 1.86. The third-order valence-corrected chi connectivity index (χ3v) is 4.64. The predicted molar refractivity (Wildman–Crippen MR) is 82.1 cm³/mol. The van der Waals surface area contributed by atoms with E-state index in [0.29, 0.717) is 39.1 Å². The molecule has 2 aliphatic heterocycles. The summed E-state index contributed by atoms with van der Waals surface area (Å²) in [4.78, 5) is 28.6. The van der Waals surface area contributed by atoms with Gasteiger partial charge in [0, 0.05) is 26.6 Å². The van der Waals surface area contributed by atoms with Crippen LogP contribution in [0.25, 0.3) is 0 Å². The zero-order valence-electron chi connectivity index (χ0n) is 12.9. The predicted octanol–water partition coefficient (Wildman–Crippen LogP) is 1.45. The lowest BCUT2D eigenvalue weighted by Crippen LogP contribution is -2.50. The van der Waals surface area contributed by atoms with Gasteiger partial charge in [-0.05, 0) is 12.0 Å². The molecule has 5 heteroatoms. The molecule has 118 valence electrons. The minimum atomic E-state index is -0.169. The molecule has 2 atom stereocenters. The average Bonchev–Trinajstić information content (AvgIpc) is 2.58. The number of rotatable bonds is 2. The topological polar surface area (TPSA) is 49.9 Å². The summed E-state index contributed by atoms with van der Waals surface area (Å²) in [5, 5.41) is 0. The smallest absolute Gasteiger partial charge is 0.228 e. The Morgan fingerprint density at radius 3 is 2.55 bits per heavy atom. The summed E-state index contributed by atoms with van der Waals surface area (Å²) < 4.78 is 5.33. The quantitative estimate of drug-likeness (QED) is 0.831. The van der Waals surface area contributed by atoms with Crippen LogP contribution >= 0.6 is 0 Å². The van der Waals surface area contributed by atoms with Gasteiger partial charge in [-0.25, -0.2) is 0 Å². The zero-order valence-corrected chi connectivity index (χ0v) is 12.9. The standard InChI is InChI=1S/C17H22N2O3/c1-18-15(20)8-7-14(16(18)13-5-3-2-4-6-13)17(21)19-9-11-22-12-10-19/h2-6,14,16H,7-12H2,1H3/t14-,16-/m1/s1. The Morgan fingerprint density at radius 1 is 1.18 bits per heavy atom. The Labute approximate surface area is 130 Å². The maximum absolute atomic E-state index is 12.9. The molecule has 2 aliphatic rings. The van der Waals surface area contributed by atoms with E-state index in [1.165, 1.54) is 0 Å². The van der Waals surface area contributed by atoms with Gasteiger partial charge in [0.25, 0.3) is 0 Å². The molecule has 0 unspecified atom stereocenters. The fourth-order valence-corrected chi connectivity index (χ4v) is 3.42. The average molecular weight is 302 g/mol. The SMILES string of the molecule is CN1C(=O)CC[C@@H](C(=O)N2CCOCC2)[C@H]1c1ccccc1. The molecule has 0 bridgehead atoms. The van der Waals surface area contributed by atoms with E-state index in [1.807, 2.05) is 35.2 Å². The summed E-state index contributed by atoms with van der Waals surface area (Å²) in [6.45, 7) is 2.50. The van der Waals surface area contributed by atoms with Crippen LogP contribution in [-0.4, -0.2) is 55.0 Å². The highest BCUT2D eigenvalue weighted by Gasteiger charge is 2.40. The van der Waals surface area contributed by atoms with Gasteiger partial charge in [0.05, 0.1) is 25.2 Å². The van der Waals surface area contributed by atoms with Crippen molar-refractivity contribution >= 4 is 11.8 Å². The molecular weight excluding hydrogens is 280 g/mol. The maximum atomic E-state index is 12.9. The third-order valence-electron chi connectivity index (χ3n) is 4.64. The first-order chi connectivity index (χ1) is 10.7. The van der Waals surface area contributed by atoms with Crippen molar-refractivity contribution < 1.29 is 14.3 Å². The summed E-state index contributed by atoms with van der Waals surface area (Å²) in [6.07, 6.45) is 1.07. The van der Waals surface area contributed by atoms with Gasteiger partial charge in [0.15, 0.2) is 0 Å². The summed E-state index contributed by atoms with van der Waals surface area (Å²) >= 11 is 0. The van der Waals surface area contributed by atoms with Gasteiger partial charge >= 0.3 is 0 Å². The van der Waals surface area contributed by atoms with Gasteiger partial charge in [-0.15, -0.1) is 0 Å². The molecule has 0 N–H and O–H groups in total. The number of piperidine rings is 1. The van der Waals surface area contributed by atoms with Gasteiger partial charge in [-0.2, -0.15) is 0 Å². The van der Waals surface area contributed by atoms with Crippen LogP contribution in [0.5, 0.6) is 0 Å². The first kappa shape index (κ1) is 15.0. The van der Waals surface area contributed by atoms with E-state index in [2.05, 4.69) is 0 Å². The van der Waals surface area contributed by atoms with E-state index in [4.69, 9.17) is 4.74 Å². The second-order valence-corrected chi connectivity index (χ2v) is 5.94. The van der Waals surface area contributed by atoms with Crippen LogP contribution in [0.15, 0.2) is 30.3 Å². The Hall–Kier alpha value is -1.88. The van der Waals surface area contributed by atoms with Crippen LogP contribution in [0.4, 0.5) is 0 Å². The van der Waals surface area contributed by atoms with Crippen LogP contribution in [0.2, 0.25) is 0 Å². The first-order valence-corrected chi connectivity index (χ1v) is 7.85. The maximum Gasteiger partial charge on any atom is 0.228 e. The van der Waals surface area contributed by atoms with Crippen LogP contribution < -0.4 is 0 Å². The molecule has 1 aromatic carbocycles. The molecule has 2 amide bonds. The monoisotopic (exact) mass is 302 g/mol. The van der Waals surface area contributed by atoms with Crippen molar-refractivity contribution in [2.75, 3.05) is 33.4 Å². The number of carbonyl (C=O) groups excluding carboxylic acids is 2. The van der Waals surface area contributed by atoms with Gasteiger partial charge in [-0.3, -0.25) is 9.59 Å². The van der Waals surface area contributed by atoms with Crippen molar-refractivity contribution in [1.29, 1.82) is 0 Å². The van der Waals surface area contributed by atoms with Crippen molar-refractivity contribution in [3.05, 3.63) is 35.9 Å². The highest BCUT2D eigenvalue weighted by Crippen LogP contribution is 2.36. The van der Waals surface area contributed by atoms with Gasteiger partial charge in [0.1, 0.15) is 0 Å². The Morgan fingerprint density at radius 2 is 1.86 bits per heavy atom. The summed E-state index contributed by atoms with van der Waals surface area (Å²) in [7, 11) is 1.80. The highest BCUT2D eigenvalue weighted by molar-refractivity contribution is 5.85. The molecule has 0 spiro atoms. The largest absolute Gasteiger partial charge is 0.378 e.